The monoisotopic (exact) mass is 409 g/mol. The highest BCUT2D eigenvalue weighted by Crippen LogP contribution is 2.41. The maximum Gasteiger partial charge on any atom is 0.325 e. The lowest BCUT2D eigenvalue weighted by molar-refractivity contribution is -0.131. The van der Waals surface area contributed by atoms with E-state index in [2.05, 4.69) is 9.88 Å². The number of fused-ring (bicyclic) bond motifs is 2. The van der Waals surface area contributed by atoms with Crippen molar-refractivity contribution in [1.29, 1.82) is 0 Å². The fourth-order valence-corrected chi connectivity index (χ4v) is 5.02. The van der Waals surface area contributed by atoms with Crippen molar-refractivity contribution in [2.24, 2.45) is 0 Å². The molecule has 1 spiro atoms. The maximum absolute atomic E-state index is 13.3. The second-order valence-electron chi connectivity index (χ2n) is 8.27. The molecule has 4 rings (SSSR count). The van der Waals surface area contributed by atoms with E-state index in [1.165, 1.54) is 0 Å². The van der Waals surface area contributed by atoms with E-state index in [-0.39, 0.29) is 24.3 Å². The summed E-state index contributed by atoms with van der Waals surface area (Å²) in [4.78, 5) is 40.1. The first-order valence-electron chi connectivity index (χ1n) is 10.2. The summed E-state index contributed by atoms with van der Waals surface area (Å²) in [5, 5.41) is 2.87. The molecule has 158 valence electrons. The Labute approximate surface area is 176 Å². The molecule has 1 saturated heterocycles. The van der Waals surface area contributed by atoms with E-state index >= 15 is 0 Å². The summed E-state index contributed by atoms with van der Waals surface area (Å²) in [6.45, 7) is 6.11. The van der Waals surface area contributed by atoms with Gasteiger partial charge >= 0.3 is 6.03 Å². The Bertz CT molecular complexity index is 1040. The largest absolute Gasteiger partial charge is 0.383 e. The maximum atomic E-state index is 13.3. The van der Waals surface area contributed by atoms with E-state index in [1.54, 1.807) is 7.11 Å². The third-order valence-electron chi connectivity index (χ3n) is 6.36. The van der Waals surface area contributed by atoms with Gasteiger partial charge in [0.2, 0.25) is 0 Å². The van der Waals surface area contributed by atoms with Crippen LogP contribution in [0, 0.1) is 13.8 Å². The molecule has 0 saturated carbocycles. The van der Waals surface area contributed by atoms with Crippen molar-refractivity contribution in [2.45, 2.75) is 45.2 Å². The van der Waals surface area contributed by atoms with Crippen molar-refractivity contribution in [1.82, 2.24) is 14.8 Å². The fraction of sp³-hybridized carbons (Fsp3) is 0.435. The van der Waals surface area contributed by atoms with Crippen LogP contribution in [0.25, 0.3) is 0 Å². The minimum atomic E-state index is -1.04. The lowest BCUT2D eigenvalue weighted by Gasteiger charge is -2.22. The molecular weight excluding hydrogens is 382 g/mol. The Balaban J connectivity index is 1.59. The van der Waals surface area contributed by atoms with E-state index in [0.29, 0.717) is 18.6 Å². The van der Waals surface area contributed by atoms with Gasteiger partial charge in [-0.05, 0) is 50.8 Å². The van der Waals surface area contributed by atoms with Crippen molar-refractivity contribution < 1.29 is 19.1 Å². The number of benzene rings is 1. The van der Waals surface area contributed by atoms with Gasteiger partial charge < -0.3 is 14.6 Å². The number of carbonyl (C=O) groups is 3. The quantitative estimate of drug-likeness (QED) is 0.588. The number of amides is 3. The molecule has 1 aromatic carbocycles. The zero-order chi connectivity index (χ0) is 21.6. The van der Waals surface area contributed by atoms with Crippen LogP contribution in [0.15, 0.2) is 30.3 Å². The number of carbonyl (C=O) groups excluding carboxylic acids is 3. The van der Waals surface area contributed by atoms with Crippen LogP contribution in [-0.2, 0) is 21.5 Å². The Hall–Kier alpha value is -2.93. The highest BCUT2D eigenvalue weighted by molar-refractivity contribution is 6.12. The lowest BCUT2D eigenvalue weighted by Crippen LogP contribution is -2.42. The number of ketones is 1. The first-order valence-corrected chi connectivity index (χ1v) is 10.2. The highest BCUT2D eigenvalue weighted by atomic mass is 16.5. The van der Waals surface area contributed by atoms with Gasteiger partial charge in [0.05, 0.1) is 19.2 Å². The van der Waals surface area contributed by atoms with Gasteiger partial charge in [-0.3, -0.25) is 14.5 Å². The van der Waals surface area contributed by atoms with Gasteiger partial charge in [-0.2, -0.15) is 0 Å². The first-order chi connectivity index (χ1) is 14.3. The second kappa shape index (κ2) is 7.40. The molecule has 0 radical (unpaired) electrons. The van der Waals surface area contributed by atoms with Crippen LogP contribution >= 0.6 is 0 Å². The van der Waals surface area contributed by atoms with Gasteiger partial charge in [-0.25, -0.2) is 4.79 Å². The number of aromatic nitrogens is 1. The number of imide groups is 1. The topological polar surface area (TPSA) is 80.6 Å². The summed E-state index contributed by atoms with van der Waals surface area (Å²) in [6, 6.07) is 9.06. The zero-order valence-corrected chi connectivity index (χ0v) is 17.8. The number of Topliss-reactive ketones (excluding diaryl/α,β-unsaturated/α-hetero) is 1. The van der Waals surface area contributed by atoms with Crippen LogP contribution in [-0.4, -0.2) is 47.4 Å². The first kappa shape index (κ1) is 20.3. The van der Waals surface area contributed by atoms with Crippen LogP contribution in [0.5, 0.6) is 0 Å². The number of urea groups is 1. The van der Waals surface area contributed by atoms with Crippen LogP contribution in [0.4, 0.5) is 4.79 Å². The molecule has 1 aliphatic carbocycles. The summed E-state index contributed by atoms with van der Waals surface area (Å²) in [6.07, 6.45) is 1.24. The summed E-state index contributed by atoms with van der Waals surface area (Å²) in [7, 11) is 1.64. The van der Waals surface area contributed by atoms with Gasteiger partial charge in [0.1, 0.15) is 5.54 Å². The van der Waals surface area contributed by atoms with Crippen molar-refractivity contribution in [3.05, 3.63) is 58.4 Å². The molecule has 1 aliphatic heterocycles. The third-order valence-corrected chi connectivity index (χ3v) is 6.36. The van der Waals surface area contributed by atoms with E-state index in [0.717, 1.165) is 33.8 Å². The number of nitrogens with one attached hydrogen (secondary N) is 1. The molecule has 1 fully saturated rings. The lowest BCUT2D eigenvalue weighted by atomic mass is 9.92. The average molecular weight is 409 g/mol. The van der Waals surface area contributed by atoms with Gasteiger partial charge in [0, 0.05) is 24.1 Å². The van der Waals surface area contributed by atoms with Crippen LogP contribution in [0.1, 0.15) is 52.3 Å². The van der Waals surface area contributed by atoms with Crippen molar-refractivity contribution in [3.8, 4) is 0 Å². The average Bonchev–Trinajstić information content (AvgIpc) is 3.31. The van der Waals surface area contributed by atoms with Crippen LogP contribution in [0.3, 0.4) is 0 Å². The SMILES string of the molecule is COC[C@@H](C)n1c(C)cc(C(=O)CN2C(=O)N[C@]3(CCc4ccccc43)C2=O)c1C. The minimum Gasteiger partial charge on any atom is -0.383 e. The van der Waals surface area contributed by atoms with Crippen molar-refractivity contribution in [2.75, 3.05) is 20.3 Å². The summed E-state index contributed by atoms with van der Waals surface area (Å²) in [5.74, 6) is -0.585. The van der Waals surface area contributed by atoms with E-state index in [1.807, 2.05) is 51.1 Å². The molecule has 2 aromatic rings. The molecule has 3 amide bonds. The van der Waals surface area contributed by atoms with Crippen LogP contribution in [0.2, 0.25) is 0 Å². The zero-order valence-electron chi connectivity index (χ0n) is 17.8. The molecule has 0 unspecified atom stereocenters. The molecule has 2 aliphatic rings. The number of methoxy groups -OCH3 is 1. The Morgan fingerprint density at radius 3 is 2.73 bits per heavy atom. The highest BCUT2D eigenvalue weighted by Gasteiger charge is 2.55. The predicted octanol–water partition coefficient (Wildman–Crippen LogP) is 2.89. The third kappa shape index (κ3) is 2.96. The van der Waals surface area contributed by atoms with E-state index < -0.39 is 11.6 Å². The van der Waals surface area contributed by atoms with Gasteiger partial charge in [0.25, 0.3) is 5.91 Å². The summed E-state index contributed by atoms with van der Waals surface area (Å²) >= 11 is 0. The Morgan fingerprint density at radius 2 is 2.00 bits per heavy atom. The molecule has 1 N–H and O–H groups in total. The number of ether oxygens (including phenoxy) is 1. The molecule has 2 atom stereocenters. The van der Waals surface area contributed by atoms with Crippen molar-refractivity contribution >= 4 is 17.7 Å². The van der Waals surface area contributed by atoms with Crippen molar-refractivity contribution in [3.63, 3.8) is 0 Å². The molecule has 0 bridgehead atoms. The van der Waals surface area contributed by atoms with E-state index in [4.69, 9.17) is 4.74 Å². The van der Waals surface area contributed by atoms with Gasteiger partial charge in [-0.15, -0.1) is 0 Å². The summed E-state index contributed by atoms with van der Waals surface area (Å²) < 4.78 is 7.30. The molecule has 2 heterocycles. The molecule has 7 nitrogen and oxygen atoms in total. The number of rotatable bonds is 6. The Morgan fingerprint density at radius 1 is 1.27 bits per heavy atom. The van der Waals surface area contributed by atoms with E-state index in [9.17, 15) is 14.4 Å². The minimum absolute atomic E-state index is 0.0755. The summed E-state index contributed by atoms with van der Waals surface area (Å²) in [5.41, 5.74) is 3.15. The number of hydrogen-bond acceptors (Lipinski definition) is 4. The van der Waals surface area contributed by atoms with Gasteiger partial charge in [-0.1, -0.05) is 24.3 Å². The second-order valence-corrected chi connectivity index (χ2v) is 8.27. The molecule has 30 heavy (non-hydrogen) atoms. The standard InChI is InChI=1S/C23H27N3O4/c1-14-11-18(16(3)26(14)15(2)13-30-4)20(27)12-25-21(28)23(24-22(25)29)10-9-17-7-5-6-8-19(17)23/h5-8,11,15H,9-10,12-13H2,1-4H3,(H,24,29)/t15-,23+/m1/s1. The van der Waals surface area contributed by atoms with Crippen LogP contribution < -0.4 is 5.32 Å². The number of nitrogens with zero attached hydrogens (tertiary/aromatic N) is 2. The Kier molecular flexibility index (Phi) is 5.02. The number of aryl methyl sites for hydroxylation is 2. The van der Waals surface area contributed by atoms with Gasteiger partial charge in [0.15, 0.2) is 5.78 Å². The molecule has 1 aromatic heterocycles. The smallest absolute Gasteiger partial charge is 0.325 e. The number of hydrogen-bond donors (Lipinski definition) is 1. The molecule has 7 heteroatoms. The fourth-order valence-electron chi connectivity index (χ4n) is 5.02. The predicted molar refractivity (Wildman–Crippen MR) is 112 cm³/mol. The molecular formula is C23H27N3O4. The normalized spacial score (nSPS) is 21.3.